The molecule has 2 unspecified atom stereocenters. The van der Waals surface area contributed by atoms with Crippen molar-refractivity contribution >= 4 is 23.6 Å². The van der Waals surface area contributed by atoms with Crippen LogP contribution in [0.2, 0.25) is 0 Å². The Labute approximate surface area is 211 Å². The van der Waals surface area contributed by atoms with Crippen LogP contribution in [0.25, 0.3) is 23.5 Å². The molecule has 5 N–H and O–H groups in total. The number of aromatic nitrogens is 2. The topological polar surface area (TPSA) is 117 Å². The molecule has 0 saturated heterocycles. The van der Waals surface area contributed by atoms with Gasteiger partial charge in [0.25, 0.3) is 0 Å². The van der Waals surface area contributed by atoms with E-state index in [2.05, 4.69) is 53.3 Å². The van der Waals surface area contributed by atoms with Crippen molar-refractivity contribution in [3.05, 3.63) is 70.1 Å². The Balaban J connectivity index is 1.64. The average molecular weight is 487 g/mol. The first-order valence-electron chi connectivity index (χ1n) is 12.8. The fourth-order valence-corrected chi connectivity index (χ4v) is 5.20. The number of hydrogen-bond donors (Lipinski definition) is 5. The van der Waals surface area contributed by atoms with E-state index in [1.807, 2.05) is 12.2 Å². The molecule has 3 aliphatic rings. The van der Waals surface area contributed by atoms with E-state index < -0.39 is 0 Å². The molecule has 0 aromatic carbocycles. The summed E-state index contributed by atoms with van der Waals surface area (Å²) in [5.74, 6) is 0. The van der Waals surface area contributed by atoms with Gasteiger partial charge >= 0.3 is 0 Å². The third-order valence-corrected chi connectivity index (χ3v) is 6.96. The zero-order valence-corrected chi connectivity index (χ0v) is 20.7. The summed E-state index contributed by atoms with van der Waals surface area (Å²) in [4.78, 5) is 17.1. The molecule has 3 aliphatic heterocycles. The lowest BCUT2D eigenvalue weighted by Gasteiger charge is -2.08. The first kappa shape index (κ1) is 24.4. The molecule has 5 rings (SSSR count). The molecule has 188 valence electrons. The maximum atomic E-state index is 9.65. The van der Waals surface area contributed by atoms with Crippen LogP contribution in [-0.2, 0) is 12.8 Å². The molecule has 36 heavy (non-hydrogen) atoms. The Morgan fingerprint density at radius 1 is 0.667 bits per heavy atom. The van der Waals surface area contributed by atoms with Crippen LogP contribution in [0.1, 0.15) is 48.7 Å². The lowest BCUT2D eigenvalue weighted by Crippen LogP contribution is -2.15. The van der Waals surface area contributed by atoms with Gasteiger partial charge < -0.3 is 25.3 Å². The third kappa shape index (κ3) is 4.87. The summed E-state index contributed by atoms with van der Waals surface area (Å²) in [5, 5.41) is 28.9. The van der Waals surface area contributed by atoms with Crippen molar-refractivity contribution < 1.29 is 15.3 Å². The number of nitrogens with zero attached hydrogens (tertiary/aromatic N) is 2. The highest BCUT2D eigenvalue weighted by atomic mass is 16.3. The summed E-state index contributed by atoms with van der Waals surface area (Å²) < 4.78 is 0. The maximum Gasteiger partial charge on any atom is 0.0953 e. The van der Waals surface area contributed by atoms with Gasteiger partial charge in [0.1, 0.15) is 0 Å². The molecule has 7 nitrogen and oxygen atoms in total. The predicted molar refractivity (Wildman–Crippen MR) is 145 cm³/mol. The van der Waals surface area contributed by atoms with E-state index in [1.165, 1.54) is 5.57 Å². The zero-order valence-electron chi connectivity index (χ0n) is 20.7. The molecule has 0 radical (unpaired) electrons. The number of fused-ring (bicyclic) bond motifs is 8. The number of hydrogen-bond acceptors (Lipinski definition) is 5. The molecular formula is C29H34N4O3. The Bertz CT molecular complexity index is 1200. The minimum absolute atomic E-state index is 0.0551. The molecule has 0 saturated carbocycles. The molecule has 0 spiro atoms. The van der Waals surface area contributed by atoms with E-state index in [1.54, 1.807) is 0 Å². The number of allylic oxidation sites excluding steroid dienone is 3. The Morgan fingerprint density at radius 3 is 1.58 bits per heavy atom. The minimum Gasteiger partial charge on any atom is -0.396 e. The first-order valence-corrected chi connectivity index (χ1v) is 12.8. The Morgan fingerprint density at radius 2 is 1.14 bits per heavy atom. The normalized spacial score (nSPS) is 21.3. The summed E-state index contributed by atoms with van der Waals surface area (Å²) in [5.41, 5.74) is 9.89. The standard InChI is InChI=1S/C29H34N4O3/c1-2-3-18-14-26-27-15-19(8-11-34)24(31-27)6-7-25-21(10-13-36)17-29(33-25)28-16-20(9-12-35)23(32-28)5-4-22(18)30-26/h4-7,14-17,26-27,32-36H,2-3,8-13H2,1H3/b5-4?,7-6-. The van der Waals surface area contributed by atoms with Crippen molar-refractivity contribution in [2.45, 2.75) is 51.1 Å². The van der Waals surface area contributed by atoms with Gasteiger partial charge in [0.2, 0.25) is 0 Å². The largest absolute Gasteiger partial charge is 0.396 e. The number of aliphatic imine (C=N–C) groups is 2. The molecule has 2 aromatic heterocycles. The molecule has 0 fully saturated rings. The Hall–Kier alpha value is -3.26. The van der Waals surface area contributed by atoms with Crippen molar-refractivity contribution in [2.75, 3.05) is 19.8 Å². The fourth-order valence-electron chi connectivity index (χ4n) is 5.20. The highest BCUT2D eigenvalue weighted by Crippen LogP contribution is 2.30. The predicted octanol–water partition coefficient (Wildman–Crippen LogP) is 3.80. The van der Waals surface area contributed by atoms with E-state index in [9.17, 15) is 15.3 Å². The van der Waals surface area contributed by atoms with E-state index >= 15 is 0 Å². The second-order valence-electron chi connectivity index (χ2n) is 9.48. The summed E-state index contributed by atoms with van der Waals surface area (Å²) in [6, 6.07) is 3.96. The van der Waals surface area contributed by atoms with E-state index in [0.29, 0.717) is 19.3 Å². The second-order valence-corrected chi connectivity index (χ2v) is 9.48. The molecule has 0 aliphatic carbocycles. The molecule has 2 atom stereocenters. The monoisotopic (exact) mass is 486 g/mol. The van der Waals surface area contributed by atoms with E-state index in [-0.39, 0.29) is 31.9 Å². The van der Waals surface area contributed by atoms with Crippen LogP contribution < -0.4 is 0 Å². The van der Waals surface area contributed by atoms with Gasteiger partial charge in [0.15, 0.2) is 0 Å². The number of aliphatic hydroxyl groups excluding tert-OH is 3. The summed E-state index contributed by atoms with van der Waals surface area (Å²) in [6.45, 7) is 2.37. The van der Waals surface area contributed by atoms with Gasteiger partial charge in [-0.2, -0.15) is 0 Å². The summed E-state index contributed by atoms with van der Waals surface area (Å²) in [7, 11) is 0. The highest BCUT2D eigenvalue weighted by Gasteiger charge is 2.28. The molecule has 2 aromatic rings. The number of H-pyrrole nitrogens is 2. The van der Waals surface area contributed by atoms with Gasteiger partial charge in [0, 0.05) is 31.2 Å². The van der Waals surface area contributed by atoms with Crippen LogP contribution in [0.15, 0.2) is 57.6 Å². The molecule has 5 heterocycles. The van der Waals surface area contributed by atoms with Crippen molar-refractivity contribution in [1.82, 2.24) is 9.97 Å². The van der Waals surface area contributed by atoms with Crippen molar-refractivity contribution in [3.63, 3.8) is 0 Å². The minimum atomic E-state index is -0.102. The van der Waals surface area contributed by atoms with Crippen LogP contribution in [0.3, 0.4) is 0 Å². The van der Waals surface area contributed by atoms with Gasteiger partial charge in [0.05, 0.1) is 34.9 Å². The van der Waals surface area contributed by atoms with Crippen LogP contribution in [0, 0.1) is 0 Å². The van der Waals surface area contributed by atoms with Gasteiger partial charge in [-0.05, 0) is 84.4 Å². The summed E-state index contributed by atoms with van der Waals surface area (Å²) >= 11 is 0. The van der Waals surface area contributed by atoms with Crippen LogP contribution in [0.4, 0.5) is 0 Å². The van der Waals surface area contributed by atoms with Crippen LogP contribution in [0.5, 0.6) is 0 Å². The van der Waals surface area contributed by atoms with Crippen molar-refractivity contribution in [2.24, 2.45) is 9.98 Å². The smallest absolute Gasteiger partial charge is 0.0953 e. The quantitative estimate of drug-likeness (QED) is 0.391. The zero-order chi connectivity index (χ0) is 25.1. The molecule has 8 bridgehead atoms. The maximum absolute atomic E-state index is 9.65. The van der Waals surface area contributed by atoms with Crippen LogP contribution >= 0.6 is 0 Å². The molecule has 0 amide bonds. The lowest BCUT2D eigenvalue weighted by atomic mass is 10.0. The van der Waals surface area contributed by atoms with E-state index in [4.69, 9.17) is 9.98 Å². The molecular weight excluding hydrogens is 452 g/mol. The number of aliphatic hydroxyl groups is 3. The van der Waals surface area contributed by atoms with Gasteiger partial charge in [-0.3, -0.25) is 9.98 Å². The second kappa shape index (κ2) is 10.8. The highest BCUT2D eigenvalue weighted by molar-refractivity contribution is 6.13. The number of nitrogens with one attached hydrogen (secondary N) is 2. The van der Waals surface area contributed by atoms with Gasteiger partial charge in [-0.15, -0.1) is 0 Å². The third-order valence-electron chi connectivity index (χ3n) is 6.96. The van der Waals surface area contributed by atoms with Gasteiger partial charge in [-0.1, -0.05) is 25.5 Å². The van der Waals surface area contributed by atoms with Gasteiger partial charge in [-0.25, -0.2) is 0 Å². The lowest BCUT2D eigenvalue weighted by molar-refractivity contribution is 0.299. The molecule has 7 heteroatoms. The van der Waals surface area contributed by atoms with Crippen molar-refractivity contribution in [1.29, 1.82) is 0 Å². The number of rotatable bonds is 8. The average Bonchev–Trinajstić information content (AvgIpc) is 3.63. The SMILES string of the molecule is CCCC1=CC2N=C1C=Cc1[nH]c(cc1CCO)-c1cc(CCO)c([nH]1)/C=C\C1=NC2C=C1CCO. The summed E-state index contributed by atoms with van der Waals surface area (Å²) in [6.07, 6.45) is 16.1. The number of aromatic amines is 2. The van der Waals surface area contributed by atoms with E-state index in [0.717, 1.165) is 63.7 Å². The van der Waals surface area contributed by atoms with Crippen molar-refractivity contribution in [3.8, 4) is 11.4 Å². The first-order chi connectivity index (χ1) is 17.6. The Kier molecular flexibility index (Phi) is 7.32. The fraction of sp³-hybridized carbons (Fsp3) is 0.379. The van der Waals surface area contributed by atoms with Crippen LogP contribution in [-0.4, -0.2) is 68.6 Å².